The van der Waals surface area contributed by atoms with Gasteiger partial charge < -0.3 is 24.8 Å². The second-order valence-corrected chi connectivity index (χ2v) is 11.2. The topological polar surface area (TPSA) is 87.0 Å². The zero-order valence-corrected chi connectivity index (χ0v) is 23.7. The summed E-state index contributed by atoms with van der Waals surface area (Å²) in [5, 5.41) is 11.8. The molecule has 1 aromatic heterocycles. The molecule has 214 valence electrons. The van der Waals surface area contributed by atoms with Gasteiger partial charge in [0.15, 0.2) is 0 Å². The summed E-state index contributed by atoms with van der Waals surface area (Å²) in [5.41, 5.74) is 13.1. The van der Waals surface area contributed by atoms with Crippen LogP contribution >= 0.6 is 0 Å². The molecule has 2 N–H and O–H groups in total. The molecule has 0 spiro atoms. The first-order chi connectivity index (χ1) is 20.4. The summed E-state index contributed by atoms with van der Waals surface area (Å²) in [6.07, 6.45) is 4.51. The molecule has 3 aromatic carbocycles. The Morgan fingerprint density at radius 3 is 2.67 bits per heavy atom. The third-order valence-corrected chi connectivity index (χ3v) is 7.91. The number of ether oxygens (including phenoxy) is 1. The number of anilines is 3. The Morgan fingerprint density at radius 2 is 1.83 bits per heavy atom. The standard InChI is InChI=1S/C32H33FN8O/c1-21-15-38(16-22(2)42-21)18-26-19-41(37-36-26)28-7-9-31-29(14-28)32(34)35-20-40(31)27-6-8-30-24(13-27)10-11-39(30)17-23-4-3-5-25(33)12-23/h3-14,18,21-22H,15-17,19-20H2,1-2H3,(H2,34,35)/t21-,22+. The van der Waals surface area contributed by atoms with Gasteiger partial charge in [-0.15, -0.1) is 5.11 Å². The third kappa shape index (κ3) is 5.09. The van der Waals surface area contributed by atoms with Crippen molar-refractivity contribution in [1.82, 2.24) is 9.47 Å². The molecule has 42 heavy (non-hydrogen) atoms. The molecule has 1 saturated heterocycles. The van der Waals surface area contributed by atoms with Crippen molar-refractivity contribution in [3.63, 3.8) is 0 Å². The van der Waals surface area contributed by atoms with Gasteiger partial charge in [0.25, 0.3) is 0 Å². The highest BCUT2D eigenvalue weighted by atomic mass is 19.1. The largest absolute Gasteiger partial charge is 0.383 e. The number of hydrogen-bond donors (Lipinski definition) is 1. The fourth-order valence-corrected chi connectivity index (χ4v) is 6.05. The molecule has 4 aromatic rings. The number of morpholine rings is 1. The number of aromatic nitrogens is 1. The highest BCUT2D eigenvalue weighted by Crippen LogP contribution is 2.36. The Labute approximate surface area is 244 Å². The second-order valence-electron chi connectivity index (χ2n) is 11.2. The molecule has 0 saturated carbocycles. The summed E-state index contributed by atoms with van der Waals surface area (Å²) in [5.74, 6) is 0.286. The fourth-order valence-electron chi connectivity index (χ4n) is 6.05. The lowest BCUT2D eigenvalue weighted by atomic mass is 10.1. The number of rotatable bonds is 5. The van der Waals surface area contributed by atoms with Crippen molar-refractivity contribution in [1.29, 1.82) is 0 Å². The van der Waals surface area contributed by atoms with E-state index in [1.165, 1.54) is 6.07 Å². The van der Waals surface area contributed by atoms with Crippen LogP contribution in [-0.4, -0.2) is 53.8 Å². The summed E-state index contributed by atoms with van der Waals surface area (Å²) < 4.78 is 21.7. The van der Waals surface area contributed by atoms with Crippen LogP contribution in [0.2, 0.25) is 0 Å². The minimum Gasteiger partial charge on any atom is -0.383 e. The lowest BCUT2D eigenvalue weighted by Crippen LogP contribution is -2.42. The van der Waals surface area contributed by atoms with Crippen LogP contribution in [-0.2, 0) is 11.3 Å². The van der Waals surface area contributed by atoms with Crippen molar-refractivity contribution >= 4 is 33.8 Å². The first-order valence-electron chi connectivity index (χ1n) is 14.2. The van der Waals surface area contributed by atoms with Crippen LogP contribution in [0.15, 0.2) is 100 Å². The van der Waals surface area contributed by atoms with Crippen molar-refractivity contribution in [2.75, 3.05) is 36.2 Å². The Balaban J connectivity index is 1.11. The van der Waals surface area contributed by atoms with E-state index in [1.807, 2.05) is 23.3 Å². The van der Waals surface area contributed by atoms with E-state index < -0.39 is 0 Å². The molecule has 0 aliphatic carbocycles. The summed E-state index contributed by atoms with van der Waals surface area (Å²) >= 11 is 0. The van der Waals surface area contributed by atoms with E-state index in [1.54, 1.807) is 12.1 Å². The van der Waals surface area contributed by atoms with E-state index in [2.05, 4.69) is 86.1 Å². The Bertz CT molecular complexity index is 1730. The van der Waals surface area contributed by atoms with Crippen LogP contribution in [0.1, 0.15) is 25.0 Å². The predicted molar refractivity (Wildman–Crippen MR) is 163 cm³/mol. The van der Waals surface area contributed by atoms with Gasteiger partial charge in [-0.1, -0.05) is 17.4 Å². The smallest absolute Gasteiger partial charge is 0.129 e. The number of aliphatic imine (C=N–C) groups is 1. The van der Waals surface area contributed by atoms with Gasteiger partial charge in [0, 0.05) is 54.2 Å². The van der Waals surface area contributed by atoms with Crippen LogP contribution in [0.3, 0.4) is 0 Å². The number of benzene rings is 3. The summed E-state index contributed by atoms with van der Waals surface area (Å²) in [7, 11) is 0. The molecular formula is C32H33FN8O. The van der Waals surface area contributed by atoms with Crippen molar-refractivity contribution < 1.29 is 9.13 Å². The molecule has 4 heterocycles. The van der Waals surface area contributed by atoms with Gasteiger partial charge in [-0.05, 0) is 74.0 Å². The number of nitrogens with two attached hydrogens (primary N) is 1. The van der Waals surface area contributed by atoms with Gasteiger partial charge in [0.2, 0.25) is 0 Å². The summed E-state index contributed by atoms with van der Waals surface area (Å²) in [4.78, 5) is 9.06. The molecular weight excluding hydrogens is 531 g/mol. The van der Waals surface area contributed by atoms with E-state index in [0.29, 0.717) is 25.6 Å². The Kier molecular flexibility index (Phi) is 6.62. The molecule has 2 atom stereocenters. The molecule has 3 aliphatic rings. The maximum atomic E-state index is 13.7. The predicted octanol–water partition coefficient (Wildman–Crippen LogP) is 5.78. The maximum absolute atomic E-state index is 13.7. The molecule has 1 fully saturated rings. The van der Waals surface area contributed by atoms with Crippen molar-refractivity contribution in [2.24, 2.45) is 21.1 Å². The summed E-state index contributed by atoms with van der Waals surface area (Å²) in [6, 6.07) is 21.3. The average Bonchev–Trinajstić information content (AvgIpc) is 3.59. The molecule has 0 amide bonds. The lowest BCUT2D eigenvalue weighted by Gasteiger charge is -2.34. The van der Waals surface area contributed by atoms with Crippen molar-refractivity contribution in [2.45, 2.75) is 32.6 Å². The monoisotopic (exact) mass is 564 g/mol. The molecule has 0 unspecified atom stereocenters. The maximum Gasteiger partial charge on any atom is 0.129 e. The van der Waals surface area contributed by atoms with Crippen LogP contribution in [0.25, 0.3) is 10.9 Å². The fraction of sp³-hybridized carbons (Fsp3) is 0.281. The third-order valence-electron chi connectivity index (χ3n) is 7.91. The Morgan fingerprint density at radius 1 is 1.00 bits per heavy atom. The van der Waals surface area contributed by atoms with Gasteiger partial charge in [-0.3, -0.25) is 0 Å². The number of halogens is 1. The quantitative estimate of drug-likeness (QED) is 0.332. The number of hydrogen-bond acceptors (Lipinski definition) is 8. The average molecular weight is 565 g/mol. The molecule has 3 aliphatic heterocycles. The number of nitrogens with zero attached hydrogens (tertiary/aromatic N) is 7. The summed E-state index contributed by atoms with van der Waals surface area (Å²) in [6.45, 7) is 7.49. The SMILES string of the molecule is C[C@@H]1CN(C=C2CN(c3ccc4c(c3)C(N)=NCN4c3ccc4c(ccn4Cc4cccc(F)c4)c3)N=N2)C[C@H](C)O1. The van der Waals surface area contributed by atoms with E-state index in [0.717, 1.165) is 57.9 Å². The van der Waals surface area contributed by atoms with Crippen LogP contribution in [0, 0.1) is 5.82 Å². The molecule has 0 radical (unpaired) electrons. The molecule has 0 bridgehead atoms. The second kappa shape index (κ2) is 10.6. The van der Waals surface area contributed by atoms with Gasteiger partial charge in [0.05, 0.1) is 30.1 Å². The van der Waals surface area contributed by atoms with Crippen LogP contribution in [0.5, 0.6) is 0 Å². The van der Waals surface area contributed by atoms with Gasteiger partial charge in [-0.25, -0.2) is 14.4 Å². The van der Waals surface area contributed by atoms with Gasteiger partial charge >= 0.3 is 0 Å². The molecule has 9 nitrogen and oxygen atoms in total. The van der Waals surface area contributed by atoms with Crippen LogP contribution < -0.4 is 15.6 Å². The minimum absolute atomic E-state index is 0.187. The first-order valence-corrected chi connectivity index (χ1v) is 14.2. The van der Waals surface area contributed by atoms with E-state index in [9.17, 15) is 4.39 Å². The molecule has 7 rings (SSSR count). The number of fused-ring (bicyclic) bond motifs is 2. The van der Waals surface area contributed by atoms with E-state index >= 15 is 0 Å². The Hall–Kier alpha value is -4.70. The highest BCUT2D eigenvalue weighted by molar-refractivity contribution is 6.06. The number of amidine groups is 1. The van der Waals surface area contributed by atoms with Gasteiger partial charge in [0.1, 0.15) is 24.0 Å². The van der Waals surface area contributed by atoms with Crippen LogP contribution in [0.4, 0.5) is 21.5 Å². The van der Waals surface area contributed by atoms with E-state index in [-0.39, 0.29) is 18.0 Å². The zero-order valence-electron chi connectivity index (χ0n) is 23.7. The van der Waals surface area contributed by atoms with E-state index in [4.69, 9.17) is 10.5 Å². The van der Waals surface area contributed by atoms with Crippen molar-refractivity contribution in [3.8, 4) is 0 Å². The first kappa shape index (κ1) is 26.2. The van der Waals surface area contributed by atoms with Gasteiger partial charge in [-0.2, -0.15) is 0 Å². The molecule has 10 heteroatoms. The minimum atomic E-state index is -0.222. The van der Waals surface area contributed by atoms with Crippen molar-refractivity contribution in [3.05, 3.63) is 102 Å². The normalized spacial score (nSPS) is 21.4. The lowest BCUT2D eigenvalue weighted by molar-refractivity contribution is -0.0543. The zero-order chi connectivity index (χ0) is 28.8. The highest BCUT2D eigenvalue weighted by Gasteiger charge is 2.25.